The van der Waals surface area contributed by atoms with Gasteiger partial charge in [-0.25, -0.2) is 0 Å². The number of hydrogen-bond donors (Lipinski definition) is 5. The highest BCUT2D eigenvalue weighted by Crippen LogP contribution is 2.78. The summed E-state index contributed by atoms with van der Waals surface area (Å²) in [5, 5.41) is 44.5. The second kappa shape index (κ2) is 8.97. The lowest BCUT2D eigenvalue weighted by molar-refractivity contribution is -0.169. The van der Waals surface area contributed by atoms with E-state index >= 15 is 4.79 Å². The number of carbonyl (C=O) groups excluding carboxylic acids is 4. The first-order valence-corrected chi connectivity index (χ1v) is 20.3. The Labute approximate surface area is 296 Å². The zero-order valence-electron chi connectivity index (χ0n) is 26.6. The van der Waals surface area contributed by atoms with Gasteiger partial charge in [0.15, 0.2) is 4.87 Å². The van der Waals surface area contributed by atoms with Gasteiger partial charge in [-0.1, -0.05) is 61.0 Å². The van der Waals surface area contributed by atoms with Crippen molar-refractivity contribution in [2.75, 3.05) is 31.3 Å². The maximum absolute atomic E-state index is 15.1. The van der Waals surface area contributed by atoms with Crippen LogP contribution in [0, 0.1) is 5.92 Å². The molecule has 0 saturated carbocycles. The van der Waals surface area contributed by atoms with E-state index in [0.29, 0.717) is 22.5 Å². The number of aliphatic hydroxyl groups is 3. The van der Waals surface area contributed by atoms with E-state index in [0.717, 1.165) is 21.6 Å². The van der Waals surface area contributed by atoms with Crippen molar-refractivity contribution in [3.8, 4) is 0 Å². The van der Waals surface area contributed by atoms with Crippen LogP contribution in [0.1, 0.15) is 25.0 Å². The van der Waals surface area contributed by atoms with Gasteiger partial charge in [0, 0.05) is 25.5 Å². The normalized spacial score (nSPS) is 45.0. The number of piperazine rings is 2. The van der Waals surface area contributed by atoms with Crippen LogP contribution in [0.3, 0.4) is 0 Å². The monoisotopic (exact) mass is 740 g/mol. The molecule has 10 aliphatic heterocycles. The Bertz CT molecular complexity index is 1980. The molecule has 10 atom stereocenters. The molecule has 0 aliphatic carbocycles. The number of aliphatic hydroxyl groups excluding tert-OH is 3. The summed E-state index contributed by atoms with van der Waals surface area (Å²) in [4.78, 5) is 58.4. The number of likely N-dealkylation sites (N-methyl/N-ethyl adjacent to an activating group) is 2. The van der Waals surface area contributed by atoms with Gasteiger partial charge in [-0.15, -0.1) is 0 Å². The van der Waals surface area contributed by atoms with Crippen molar-refractivity contribution in [2.24, 2.45) is 5.92 Å². The second-order valence-electron chi connectivity index (χ2n) is 14.3. The van der Waals surface area contributed by atoms with E-state index < -0.39 is 79.2 Å². The molecule has 5 N–H and O–H groups in total. The standard InChI is InChI=1S/C32H32N6O7S4/c1-14(2)30-26(45)38-22-29(16-10-6-8-12-18(16)34-22,20(41)32(38,49-47-30)25(44)36(30)4)28-15-9-5-7-11-17(15)33-21(28)37-23(42)27(13-39)35(3)24(43)31(37,19(28)40)48-46-27/h5-12,14,19-22,33-34,39-41H,13H2,1-4H3/t19-,20+,21-,22?,27?,28+,29+,30-,31?,32?/m0/s1. The number of rotatable bonds is 3. The van der Waals surface area contributed by atoms with Gasteiger partial charge in [0.05, 0.1) is 17.4 Å². The van der Waals surface area contributed by atoms with Crippen LogP contribution in [-0.2, 0) is 30.0 Å². The Hall–Kier alpha value is -2.80. The fourth-order valence-electron chi connectivity index (χ4n) is 10.5. The summed E-state index contributed by atoms with van der Waals surface area (Å²) < 4.78 is 0. The van der Waals surface area contributed by atoms with Crippen LogP contribution in [0.5, 0.6) is 0 Å². The summed E-state index contributed by atoms with van der Waals surface area (Å²) in [6.45, 7) is 3.13. The lowest BCUT2D eigenvalue weighted by Crippen LogP contribution is -2.79. The Morgan fingerprint density at radius 3 is 1.67 bits per heavy atom. The molecule has 8 fully saturated rings. The number of hydrogen-bond acceptors (Lipinski definition) is 13. The third-order valence-corrected chi connectivity index (χ3v) is 20.2. The summed E-state index contributed by atoms with van der Waals surface area (Å²) in [5.41, 5.74) is -1.13. The van der Waals surface area contributed by atoms with E-state index in [-0.39, 0.29) is 11.8 Å². The lowest BCUT2D eigenvalue weighted by atomic mass is 9.52. The predicted octanol–water partition coefficient (Wildman–Crippen LogP) is 0.939. The van der Waals surface area contributed by atoms with Crippen LogP contribution in [0.4, 0.5) is 11.4 Å². The molecule has 17 heteroatoms. The van der Waals surface area contributed by atoms with Crippen LogP contribution >= 0.6 is 43.2 Å². The van der Waals surface area contributed by atoms with E-state index in [1.54, 1.807) is 13.1 Å². The molecule has 8 saturated heterocycles. The first-order chi connectivity index (χ1) is 23.3. The highest BCUT2D eigenvalue weighted by Gasteiger charge is 2.93. The molecule has 49 heavy (non-hydrogen) atoms. The molecule has 0 aromatic heterocycles. The quantitative estimate of drug-likeness (QED) is 0.283. The van der Waals surface area contributed by atoms with Crippen LogP contribution in [0.15, 0.2) is 48.5 Å². The number of fused-ring (bicyclic) bond motifs is 11. The maximum atomic E-state index is 15.1. The second-order valence-corrected chi connectivity index (χ2v) is 19.5. The highest BCUT2D eigenvalue weighted by molar-refractivity contribution is 8.78. The van der Waals surface area contributed by atoms with Crippen molar-refractivity contribution in [3.63, 3.8) is 0 Å². The molecular formula is C32H32N6O7S4. The average Bonchev–Trinajstić information content (AvgIpc) is 3.75. The third kappa shape index (κ3) is 2.63. The van der Waals surface area contributed by atoms with Crippen LogP contribution in [0.2, 0.25) is 0 Å². The highest BCUT2D eigenvalue weighted by atomic mass is 33.1. The van der Waals surface area contributed by atoms with Crippen molar-refractivity contribution in [2.45, 2.75) is 68.7 Å². The number of nitrogens with one attached hydrogen (secondary N) is 2. The van der Waals surface area contributed by atoms with Gasteiger partial charge < -0.3 is 35.8 Å². The molecule has 256 valence electrons. The fourth-order valence-corrected chi connectivity index (χ4v) is 18.4. The minimum absolute atomic E-state index is 0.297. The van der Waals surface area contributed by atoms with Gasteiger partial charge in [-0.3, -0.25) is 29.0 Å². The third-order valence-electron chi connectivity index (χ3n) is 12.7. The van der Waals surface area contributed by atoms with E-state index in [9.17, 15) is 29.7 Å². The molecular weight excluding hydrogens is 709 g/mol. The Kier molecular flexibility index (Phi) is 5.67. The van der Waals surface area contributed by atoms with Crippen molar-refractivity contribution in [3.05, 3.63) is 59.7 Å². The van der Waals surface area contributed by atoms with Gasteiger partial charge in [0.1, 0.15) is 24.5 Å². The smallest absolute Gasteiger partial charge is 0.265 e. The van der Waals surface area contributed by atoms with Crippen molar-refractivity contribution < 1.29 is 34.5 Å². The van der Waals surface area contributed by atoms with E-state index in [4.69, 9.17) is 0 Å². The van der Waals surface area contributed by atoms with E-state index in [1.807, 2.05) is 56.3 Å². The largest absolute Gasteiger partial charge is 0.392 e. The molecule has 2 aromatic carbocycles. The van der Waals surface area contributed by atoms with Gasteiger partial charge in [-0.05, 0) is 61.6 Å². The molecule has 2 spiro atoms. The maximum Gasteiger partial charge on any atom is 0.265 e. The molecule has 0 radical (unpaired) electrons. The number of amides is 4. The summed E-state index contributed by atoms with van der Waals surface area (Å²) in [6.07, 6.45) is -5.53. The number of para-hydroxylation sites is 2. The van der Waals surface area contributed by atoms with E-state index in [1.165, 1.54) is 48.2 Å². The molecule has 10 aliphatic rings. The van der Waals surface area contributed by atoms with Crippen LogP contribution in [0.25, 0.3) is 0 Å². The molecule has 4 bridgehead atoms. The van der Waals surface area contributed by atoms with Gasteiger partial charge in [0.2, 0.25) is 14.6 Å². The van der Waals surface area contributed by atoms with Gasteiger partial charge >= 0.3 is 0 Å². The van der Waals surface area contributed by atoms with Crippen molar-refractivity contribution >= 4 is 78.2 Å². The van der Waals surface area contributed by atoms with Gasteiger partial charge in [0.25, 0.3) is 23.6 Å². The summed E-state index contributed by atoms with van der Waals surface area (Å²) >= 11 is 0. The Morgan fingerprint density at radius 1 is 0.694 bits per heavy atom. The summed E-state index contributed by atoms with van der Waals surface area (Å²) in [6, 6.07) is 14.6. The first kappa shape index (κ1) is 31.0. The van der Waals surface area contributed by atoms with Crippen molar-refractivity contribution in [1.29, 1.82) is 0 Å². The zero-order chi connectivity index (χ0) is 34.4. The zero-order valence-corrected chi connectivity index (χ0v) is 29.9. The minimum atomic E-state index is -1.87. The molecule has 12 rings (SSSR count). The minimum Gasteiger partial charge on any atom is -0.392 e. The predicted molar refractivity (Wildman–Crippen MR) is 186 cm³/mol. The molecule has 10 heterocycles. The average molecular weight is 741 g/mol. The van der Waals surface area contributed by atoms with Crippen molar-refractivity contribution in [1.82, 2.24) is 19.6 Å². The number of benzene rings is 2. The topological polar surface area (TPSA) is 166 Å². The molecule has 4 unspecified atom stereocenters. The molecule has 2 aromatic rings. The number of carbonyl (C=O) groups is 4. The fraction of sp³-hybridized carbons (Fsp3) is 0.500. The molecule has 13 nitrogen and oxygen atoms in total. The first-order valence-electron chi connectivity index (χ1n) is 16.0. The lowest BCUT2D eigenvalue weighted by Gasteiger charge is -2.60. The number of nitrogens with zero attached hydrogens (tertiary/aromatic N) is 4. The Balaban J connectivity index is 1.34. The summed E-state index contributed by atoms with van der Waals surface area (Å²) in [5.74, 6) is -2.18. The van der Waals surface area contributed by atoms with Crippen LogP contribution in [-0.4, -0.2) is 123 Å². The Morgan fingerprint density at radius 2 is 1.16 bits per heavy atom. The SMILES string of the molecule is CC(C)[C@@]12SSC3(C(=O)N1C)[C@H](O)[C@]1([C@@]45c6ccccc6N[C@H]4N4C(=O)C6(CO)SSC4(C(=O)N6C)[C@H]5O)c4ccccc4NC1N3C2=O. The summed E-state index contributed by atoms with van der Waals surface area (Å²) in [7, 11) is 7.57. The molecule has 4 amide bonds. The number of anilines is 2. The van der Waals surface area contributed by atoms with Gasteiger partial charge in [-0.2, -0.15) is 0 Å². The van der Waals surface area contributed by atoms with E-state index in [2.05, 4.69) is 10.6 Å². The van der Waals surface area contributed by atoms with Crippen LogP contribution < -0.4 is 10.6 Å².